The molecule has 1 atom stereocenters. The van der Waals surface area contributed by atoms with E-state index in [1.54, 1.807) is 0 Å². The maximum absolute atomic E-state index is 10.6. The highest BCUT2D eigenvalue weighted by atomic mass is 31.1. The molecule has 1 unspecified atom stereocenters. The predicted octanol–water partition coefficient (Wildman–Crippen LogP) is 2.57. The highest BCUT2D eigenvalue weighted by Crippen LogP contribution is 2.21. The highest BCUT2D eigenvalue weighted by Gasteiger charge is 2.11. The van der Waals surface area contributed by atoms with Gasteiger partial charge in [0.15, 0.2) is 6.16 Å². The molecule has 0 spiro atoms. The van der Waals surface area contributed by atoms with E-state index in [-0.39, 0.29) is 0 Å². The van der Waals surface area contributed by atoms with E-state index >= 15 is 0 Å². The van der Waals surface area contributed by atoms with Crippen molar-refractivity contribution in [2.75, 3.05) is 13.3 Å². The normalized spacial score (nSPS) is 11.6. The summed E-state index contributed by atoms with van der Waals surface area (Å²) in [6.07, 6.45) is 4.08. The Bertz CT molecular complexity index is 83.1. The predicted molar refractivity (Wildman–Crippen MR) is 39.0 cm³/mol. The second-order valence-corrected chi connectivity index (χ2v) is 3.42. The summed E-state index contributed by atoms with van der Waals surface area (Å²) in [5.41, 5.74) is 0. The monoisotopic (exact) mass is 149 g/mol. The Morgan fingerprint density at radius 2 is 2.11 bits per heavy atom. The molecule has 0 saturated carbocycles. The molecule has 0 aliphatic heterocycles. The molecule has 0 aliphatic rings. The van der Waals surface area contributed by atoms with E-state index in [1.807, 2.05) is 0 Å². The number of unbranched alkanes of at least 4 members (excludes halogenated alkanes) is 2. The zero-order valence-corrected chi connectivity index (χ0v) is 6.99. The number of hydrogen-bond acceptors (Lipinski definition) is 2. The van der Waals surface area contributed by atoms with Crippen molar-refractivity contribution in [2.45, 2.75) is 26.2 Å². The molecule has 0 amide bonds. The summed E-state index contributed by atoms with van der Waals surface area (Å²) in [5, 5.41) is 0. The van der Waals surface area contributed by atoms with Gasteiger partial charge in [-0.3, -0.25) is 0 Å². The summed E-state index contributed by atoms with van der Waals surface area (Å²) in [7, 11) is 0.151. The fourth-order valence-electron chi connectivity index (χ4n) is 0.582. The van der Waals surface area contributed by atoms with Gasteiger partial charge in [0, 0.05) is 0 Å². The first-order valence-electron chi connectivity index (χ1n) is 3.30. The van der Waals surface area contributed by atoms with Crippen LogP contribution in [0.3, 0.4) is 0 Å². The summed E-state index contributed by atoms with van der Waals surface area (Å²) in [5.74, 6) is 0. The van der Waals surface area contributed by atoms with Crippen LogP contribution in [-0.4, -0.2) is 13.3 Å². The smallest absolute Gasteiger partial charge is 0.150 e. The zero-order chi connectivity index (χ0) is 7.11. The number of rotatable bonds is 5. The molecule has 3 heteroatoms. The second kappa shape index (κ2) is 6.18. The van der Waals surface area contributed by atoms with Gasteiger partial charge in [0.05, 0.1) is 7.11 Å². The third kappa shape index (κ3) is 5.94. The standard InChI is InChI=1S/C6H14O2P/c1-3-4-5-6-9(7)8-2/h3-6H2,1-2H3/q+1. The van der Waals surface area contributed by atoms with Crippen molar-refractivity contribution in [3.63, 3.8) is 0 Å². The first kappa shape index (κ1) is 9.06. The van der Waals surface area contributed by atoms with Crippen LogP contribution >= 0.6 is 8.03 Å². The summed E-state index contributed by atoms with van der Waals surface area (Å²) in [6, 6.07) is 0. The van der Waals surface area contributed by atoms with Gasteiger partial charge in [-0.2, -0.15) is 0 Å². The fraction of sp³-hybridized carbons (Fsp3) is 1.00. The molecule has 0 N–H and O–H groups in total. The van der Waals surface area contributed by atoms with Crippen molar-refractivity contribution >= 4 is 8.03 Å². The molecular formula is C6H14O2P+. The molecule has 0 aliphatic carbocycles. The Morgan fingerprint density at radius 3 is 2.56 bits per heavy atom. The Balaban J connectivity index is 2.97. The average Bonchev–Trinajstić information content (AvgIpc) is 1.89. The van der Waals surface area contributed by atoms with Gasteiger partial charge >= 0.3 is 8.03 Å². The van der Waals surface area contributed by atoms with Gasteiger partial charge in [0.1, 0.15) is 0 Å². The molecule has 9 heavy (non-hydrogen) atoms. The van der Waals surface area contributed by atoms with Crippen LogP contribution in [0.15, 0.2) is 0 Å². The van der Waals surface area contributed by atoms with Gasteiger partial charge in [-0.05, 0) is 17.4 Å². The van der Waals surface area contributed by atoms with E-state index < -0.39 is 8.03 Å². The Kier molecular flexibility index (Phi) is 6.23. The van der Waals surface area contributed by atoms with Crippen molar-refractivity contribution in [2.24, 2.45) is 0 Å². The van der Waals surface area contributed by atoms with E-state index in [0.717, 1.165) is 19.0 Å². The first-order chi connectivity index (χ1) is 4.31. The Hall–Kier alpha value is 0.0600. The van der Waals surface area contributed by atoms with Crippen LogP contribution in [0, 0.1) is 0 Å². The van der Waals surface area contributed by atoms with Crippen molar-refractivity contribution in [1.29, 1.82) is 0 Å². The lowest BCUT2D eigenvalue weighted by molar-refractivity contribution is 0.413. The van der Waals surface area contributed by atoms with Gasteiger partial charge in [-0.25, -0.2) is 0 Å². The minimum atomic E-state index is -1.34. The van der Waals surface area contributed by atoms with Crippen LogP contribution in [0.4, 0.5) is 0 Å². The van der Waals surface area contributed by atoms with Gasteiger partial charge in [0.25, 0.3) is 0 Å². The van der Waals surface area contributed by atoms with Gasteiger partial charge in [0.2, 0.25) is 0 Å². The van der Waals surface area contributed by atoms with Crippen molar-refractivity contribution < 1.29 is 9.09 Å². The summed E-state index contributed by atoms with van der Waals surface area (Å²) in [6.45, 7) is 2.12. The summed E-state index contributed by atoms with van der Waals surface area (Å²) < 4.78 is 15.2. The molecular weight excluding hydrogens is 135 g/mol. The molecule has 2 nitrogen and oxygen atoms in total. The van der Waals surface area contributed by atoms with Gasteiger partial charge in [-0.1, -0.05) is 13.3 Å². The second-order valence-electron chi connectivity index (χ2n) is 1.95. The van der Waals surface area contributed by atoms with E-state index in [9.17, 15) is 4.57 Å². The quantitative estimate of drug-likeness (QED) is 0.443. The van der Waals surface area contributed by atoms with Crippen molar-refractivity contribution in [1.82, 2.24) is 0 Å². The molecule has 0 bridgehead atoms. The Labute approximate surface area is 57.5 Å². The van der Waals surface area contributed by atoms with Crippen molar-refractivity contribution in [3.8, 4) is 0 Å². The first-order valence-corrected chi connectivity index (χ1v) is 4.66. The maximum Gasteiger partial charge on any atom is 0.507 e. The summed E-state index contributed by atoms with van der Waals surface area (Å²) >= 11 is 0. The third-order valence-electron chi connectivity index (χ3n) is 1.15. The van der Waals surface area contributed by atoms with E-state index in [0.29, 0.717) is 0 Å². The zero-order valence-electron chi connectivity index (χ0n) is 6.09. The molecule has 0 aromatic carbocycles. The largest absolute Gasteiger partial charge is 0.507 e. The average molecular weight is 149 g/mol. The van der Waals surface area contributed by atoms with Crippen LogP contribution in [0.2, 0.25) is 0 Å². The lowest BCUT2D eigenvalue weighted by Gasteiger charge is -1.85. The Morgan fingerprint density at radius 1 is 1.44 bits per heavy atom. The lowest BCUT2D eigenvalue weighted by atomic mass is 10.3. The molecule has 0 heterocycles. The molecule has 0 aromatic heterocycles. The third-order valence-corrected chi connectivity index (χ3v) is 2.24. The minimum absolute atomic E-state index is 0.722. The fourth-order valence-corrected chi connectivity index (χ4v) is 1.25. The van der Waals surface area contributed by atoms with Gasteiger partial charge < -0.3 is 0 Å². The molecule has 54 valence electrons. The van der Waals surface area contributed by atoms with E-state index in [4.69, 9.17) is 0 Å². The highest BCUT2D eigenvalue weighted by molar-refractivity contribution is 7.39. The molecule has 0 saturated heterocycles. The molecule has 0 rings (SSSR count). The topological polar surface area (TPSA) is 26.3 Å². The lowest BCUT2D eigenvalue weighted by Crippen LogP contribution is -1.79. The summed E-state index contributed by atoms with van der Waals surface area (Å²) in [4.78, 5) is 0. The van der Waals surface area contributed by atoms with E-state index in [1.165, 1.54) is 13.5 Å². The maximum atomic E-state index is 10.6. The molecule has 0 aromatic rings. The molecule has 0 radical (unpaired) electrons. The van der Waals surface area contributed by atoms with Crippen molar-refractivity contribution in [3.05, 3.63) is 0 Å². The minimum Gasteiger partial charge on any atom is -0.150 e. The van der Waals surface area contributed by atoms with Crippen LogP contribution < -0.4 is 0 Å². The van der Waals surface area contributed by atoms with Gasteiger partial charge in [-0.15, -0.1) is 4.52 Å². The molecule has 0 fully saturated rings. The van der Waals surface area contributed by atoms with Crippen LogP contribution in [0.25, 0.3) is 0 Å². The van der Waals surface area contributed by atoms with Crippen LogP contribution in [0.5, 0.6) is 0 Å². The van der Waals surface area contributed by atoms with Crippen LogP contribution in [0.1, 0.15) is 26.2 Å². The SMILES string of the molecule is CCCCC[P+](=O)OC. The number of hydrogen-bond donors (Lipinski definition) is 0. The van der Waals surface area contributed by atoms with E-state index in [2.05, 4.69) is 11.4 Å². The van der Waals surface area contributed by atoms with Crippen LogP contribution in [-0.2, 0) is 9.09 Å².